The summed E-state index contributed by atoms with van der Waals surface area (Å²) in [6.45, 7) is 3.51. The van der Waals surface area contributed by atoms with E-state index >= 15 is 0 Å². The zero-order chi connectivity index (χ0) is 14.8. The molecular weight excluding hydrogens is 256 g/mol. The topological polar surface area (TPSA) is 70.6 Å². The summed E-state index contributed by atoms with van der Waals surface area (Å²) in [5.41, 5.74) is 1.12. The molecule has 0 radical (unpaired) electrons. The number of hydrogen-bond donors (Lipinski definition) is 3. The van der Waals surface area contributed by atoms with Crippen molar-refractivity contribution in [2.24, 2.45) is 0 Å². The van der Waals surface area contributed by atoms with Crippen LogP contribution in [0, 0.1) is 0 Å². The molecule has 0 spiro atoms. The summed E-state index contributed by atoms with van der Waals surface area (Å²) in [5.74, 6) is 0.863. The first kappa shape index (κ1) is 16.5. The Morgan fingerprint density at radius 1 is 1.30 bits per heavy atom. The van der Waals surface area contributed by atoms with E-state index in [-0.39, 0.29) is 12.0 Å². The average Bonchev–Trinajstić information content (AvgIpc) is 2.45. The van der Waals surface area contributed by atoms with Gasteiger partial charge in [0, 0.05) is 26.1 Å². The number of hydrogen-bond acceptors (Lipinski definition) is 4. The lowest BCUT2D eigenvalue weighted by Crippen LogP contribution is -2.34. The van der Waals surface area contributed by atoms with Crippen LogP contribution < -0.4 is 15.4 Å². The van der Waals surface area contributed by atoms with Gasteiger partial charge in [-0.25, -0.2) is 0 Å². The molecule has 0 aliphatic carbocycles. The van der Waals surface area contributed by atoms with Crippen molar-refractivity contribution in [3.63, 3.8) is 0 Å². The van der Waals surface area contributed by atoms with Crippen molar-refractivity contribution >= 4 is 5.91 Å². The Morgan fingerprint density at radius 3 is 2.60 bits per heavy atom. The minimum absolute atomic E-state index is 0.0414. The van der Waals surface area contributed by atoms with Crippen LogP contribution in [0.2, 0.25) is 0 Å². The van der Waals surface area contributed by atoms with Gasteiger partial charge < -0.3 is 20.5 Å². The Morgan fingerprint density at radius 2 is 2.00 bits per heavy atom. The fraction of sp³-hybridized carbons (Fsp3) is 0.533. The molecular formula is C15H24N2O3. The highest BCUT2D eigenvalue weighted by molar-refractivity contribution is 5.76. The third kappa shape index (κ3) is 7.11. The monoisotopic (exact) mass is 280 g/mol. The number of ether oxygens (including phenoxy) is 1. The summed E-state index contributed by atoms with van der Waals surface area (Å²) < 4.78 is 5.08. The van der Waals surface area contributed by atoms with Crippen LogP contribution in [0.15, 0.2) is 24.3 Å². The van der Waals surface area contributed by atoms with Crippen LogP contribution in [0.25, 0.3) is 0 Å². The largest absolute Gasteiger partial charge is 0.497 e. The van der Waals surface area contributed by atoms with Gasteiger partial charge in [0.1, 0.15) is 5.75 Å². The fourth-order valence-electron chi connectivity index (χ4n) is 1.74. The first-order valence-electron chi connectivity index (χ1n) is 6.90. The smallest absolute Gasteiger partial charge is 0.220 e. The molecule has 0 aromatic heterocycles. The second kappa shape index (κ2) is 9.34. The molecule has 0 fully saturated rings. The van der Waals surface area contributed by atoms with Crippen molar-refractivity contribution < 1.29 is 14.6 Å². The molecule has 1 unspecified atom stereocenters. The van der Waals surface area contributed by atoms with Gasteiger partial charge in [-0.2, -0.15) is 0 Å². The molecule has 0 aliphatic heterocycles. The molecule has 0 aliphatic rings. The van der Waals surface area contributed by atoms with Crippen molar-refractivity contribution in [2.75, 3.05) is 26.7 Å². The lowest BCUT2D eigenvalue weighted by atomic mass is 10.1. The van der Waals surface area contributed by atoms with Crippen molar-refractivity contribution in [3.05, 3.63) is 29.8 Å². The summed E-state index contributed by atoms with van der Waals surface area (Å²) in [6.07, 6.45) is 0.834. The molecule has 5 nitrogen and oxygen atoms in total. The average molecular weight is 280 g/mol. The molecule has 112 valence electrons. The van der Waals surface area contributed by atoms with Gasteiger partial charge in [0.2, 0.25) is 5.91 Å². The zero-order valence-corrected chi connectivity index (χ0v) is 12.2. The van der Waals surface area contributed by atoms with Gasteiger partial charge in [-0.05, 0) is 31.0 Å². The Hall–Kier alpha value is -1.59. The molecule has 1 aromatic rings. The third-order valence-corrected chi connectivity index (χ3v) is 2.86. The van der Waals surface area contributed by atoms with Gasteiger partial charge in [-0.1, -0.05) is 12.1 Å². The fourth-order valence-corrected chi connectivity index (χ4v) is 1.74. The van der Waals surface area contributed by atoms with Crippen molar-refractivity contribution in [1.82, 2.24) is 10.6 Å². The van der Waals surface area contributed by atoms with Crippen LogP contribution in [-0.4, -0.2) is 43.9 Å². The maximum atomic E-state index is 11.6. The second-order valence-corrected chi connectivity index (χ2v) is 4.75. The molecule has 1 amide bonds. The van der Waals surface area contributed by atoms with E-state index in [4.69, 9.17) is 9.84 Å². The number of carbonyl (C=O) groups is 1. The van der Waals surface area contributed by atoms with Crippen LogP contribution in [0.4, 0.5) is 0 Å². The number of methoxy groups -OCH3 is 1. The van der Waals surface area contributed by atoms with E-state index < -0.39 is 0 Å². The Balaban J connectivity index is 2.13. The lowest BCUT2D eigenvalue weighted by Gasteiger charge is -2.08. The zero-order valence-electron chi connectivity index (χ0n) is 12.2. The third-order valence-electron chi connectivity index (χ3n) is 2.86. The van der Waals surface area contributed by atoms with E-state index in [1.165, 1.54) is 0 Å². The van der Waals surface area contributed by atoms with Crippen molar-refractivity contribution in [2.45, 2.75) is 25.9 Å². The van der Waals surface area contributed by atoms with Crippen molar-refractivity contribution in [3.8, 4) is 5.75 Å². The van der Waals surface area contributed by atoms with Crippen LogP contribution in [-0.2, 0) is 11.2 Å². The van der Waals surface area contributed by atoms with Crippen LogP contribution in [0.5, 0.6) is 5.75 Å². The number of aryl methyl sites for hydroxylation is 1. The molecule has 0 saturated heterocycles. The SMILES string of the molecule is COc1ccc(CCC(=O)NCCNCC(C)O)cc1. The Bertz CT molecular complexity index is 391. The van der Waals surface area contributed by atoms with Crippen LogP contribution >= 0.6 is 0 Å². The molecule has 1 aromatic carbocycles. The summed E-state index contributed by atoms with van der Waals surface area (Å²) in [6, 6.07) is 7.73. The minimum atomic E-state index is -0.360. The summed E-state index contributed by atoms with van der Waals surface area (Å²) >= 11 is 0. The predicted molar refractivity (Wildman–Crippen MR) is 78.9 cm³/mol. The van der Waals surface area contributed by atoms with Gasteiger partial charge in [0.25, 0.3) is 0 Å². The highest BCUT2D eigenvalue weighted by atomic mass is 16.5. The molecule has 0 bridgehead atoms. The molecule has 1 rings (SSSR count). The van der Waals surface area contributed by atoms with E-state index in [2.05, 4.69) is 10.6 Å². The second-order valence-electron chi connectivity index (χ2n) is 4.75. The Kier molecular flexibility index (Phi) is 7.69. The van der Waals surface area contributed by atoms with Gasteiger partial charge in [0.05, 0.1) is 13.2 Å². The highest BCUT2D eigenvalue weighted by Gasteiger charge is 2.02. The molecule has 1 atom stereocenters. The Labute approximate surface area is 120 Å². The first-order valence-corrected chi connectivity index (χ1v) is 6.90. The van der Waals surface area contributed by atoms with Gasteiger partial charge in [0.15, 0.2) is 0 Å². The maximum absolute atomic E-state index is 11.6. The summed E-state index contributed by atoms with van der Waals surface area (Å²) in [4.78, 5) is 11.6. The molecule has 20 heavy (non-hydrogen) atoms. The standard InChI is InChI=1S/C15H24N2O3/c1-12(18)11-16-9-10-17-15(19)8-5-13-3-6-14(20-2)7-4-13/h3-4,6-7,12,16,18H,5,8-11H2,1-2H3,(H,17,19). The number of aliphatic hydroxyl groups excluding tert-OH is 1. The first-order chi connectivity index (χ1) is 9.61. The molecule has 0 saturated carbocycles. The lowest BCUT2D eigenvalue weighted by molar-refractivity contribution is -0.121. The molecule has 0 heterocycles. The summed E-state index contributed by atoms with van der Waals surface area (Å²) in [5, 5.41) is 14.9. The van der Waals surface area contributed by atoms with Gasteiger partial charge in [-0.15, -0.1) is 0 Å². The van der Waals surface area contributed by atoms with Crippen LogP contribution in [0.1, 0.15) is 18.9 Å². The van der Waals surface area contributed by atoms with Gasteiger partial charge in [-0.3, -0.25) is 4.79 Å². The number of amides is 1. The normalized spacial score (nSPS) is 11.9. The highest BCUT2D eigenvalue weighted by Crippen LogP contribution is 2.12. The predicted octanol–water partition coefficient (Wildman–Crippen LogP) is 0.714. The van der Waals surface area contributed by atoms with E-state index in [1.807, 2.05) is 24.3 Å². The molecule has 3 N–H and O–H groups in total. The number of aliphatic hydroxyl groups is 1. The van der Waals surface area contributed by atoms with Crippen LogP contribution in [0.3, 0.4) is 0 Å². The number of nitrogens with one attached hydrogen (secondary N) is 2. The van der Waals surface area contributed by atoms with E-state index in [9.17, 15) is 4.79 Å². The number of carbonyl (C=O) groups excluding carboxylic acids is 1. The number of rotatable bonds is 9. The van der Waals surface area contributed by atoms with E-state index in [0.717, 1.165) is 17.7 Å². The van der Waals surface area contributed by atoms with Crippen molar-refractivity contribution in [1.29, 1.82) is 0 Å². The summed E-state index contributed by atoms with van der Waals surface area (Å²) in [7, 11) is 1.63. The maximum Gasteiger partial charge on any atom is 0.220 e. The van der Waals surface area contributed by atoms with E-state index in [0.29, 0.717) is 26.1 Å². The van der Waals surface area contributed by atoms with E-state index in [1.54, 1.807) is 14.0 Å². The molecule has 5 heteroatoms. The van der Waals surface area contributed by atoms with Gasteiger partial charge >= 0.3 is 0 Å². The number of benzene rings is 1. The minimum Gasteiger partial charge on any atom is -0.497 e. The quantitative estimate of drug-likeness (QED) is 0.583.